The number of hydrogen-bond acceptors (Lipinski definition) is 2. The van der Waals surface area contributed by atoms with Crippen LogP contribution in [-0.2, 0) is 0 Å². The Hall–Kier alpha value is -0.890. The van der Waals surface area contributed by atoms with Crippen molar-refractivity contribution in [3.8, 4) is 0 Å². The van der Waals surface area contributed by atoms with E-state index in [9.17, 15) is 0 Å². The monoisotopic (exact) mass is 234 g/mol. The van der Waals surface area contributed by atoms with Crippen LogP contribution in [0.5, 0.6) is 0 Å². The zero-order valence-corrected chi connectivity index (χ0v) is 11.7. The molecule has 0 saturated carbocycles. The normalized spacial score (nSPS) is 14.6. The first-order valence-electron chi connectivity index (χ1n) is 6.82. The topological polar surface area (TPSA) is 24.9 Å². The third-order valence-corrected chi connectivity index (χ3v) is 3.53. The van der Waals surface area contributed by atoms with E-state index in [4.69, 9.17) is 0 Å². The fraction of sp³-hybridized carbons (Fsp3) is 0.667. The van der Waals surface area contributed by atoms with Crippen molar-refractivity contribution in [2.24, 2.45) is 5.92 Å². The van der Waals surface area contributed by atoms with E-state index < -0.39 is 0 Å². The van der Waals surface area contributed by atoms with E-state index in [1.165, 1.54) is 31.2 Å². The molecule has 2 heteroatoms. The smallest absolute Gasteiger partial charge is 0.0372 e. The zero-order chi connectivity index (χ0) is 12.7. The van der Waals surface area contributed by atoms with E-state index in [0.29, 0.717) is 12.0 Å². The minimum Gasteiger partial charge on any atom is -0.313 e. The molecule has 1 aromatic rings. The molecule has 0 aliphatic heterocycles. The summed E-state index contributed by atoms with van der Waals surface area (Å²) in [6.07, 6.45) is 7.13. The second kappa shape index (κ2) is 7.44. The first kappa shape index (κ1) is 14.2. The summed E-state index contributed by atoms with van der Waals surface area (Å²) in [6.45, 7) is 6.58. The zero-order valence-electron chi connectivity index (χ0n) is 11.7. The highest BCUT2D eigenvalue weighted by Crippen LogP contribution is 2.28. The molecular weight excluding hydrogens is 208 g/mol. The van der Waals surface area contributed by atoms with Gasteiger partial charge < -0.3 is 5.32 Å². The van der Waals surface area contributed by atoms with Gasteiger partial charge in [0.05, 0.1) is 0 Å². The second-order valence-corrected chi connectivity index (χ2v) is 4.81. The van der Waals surface area contributed by atoms with E-state index in [-0.39, 0.29) is 0 Å². The van der Waals surface area contributed by atoms with Crippen LogP contribution in [0.1, 0.15) is 56.8 Å². The molecular formula is C15H26N2. The molecule has 1 rings (SSSR count). The van der Waals surface area contributed by atoms with Crippen LogP contribution in [0.4, 0.5) is 0 Å². The summed E-state index contributed by atoms with van der Waals surface area (Å²) in [5.74, 6) is 0.712. The lowest BCUT2D eigenvalue weighted by atomic mass is 9.87. The lowest BCUT2D eigenvalue weighted by Gasteiger charge is -2.26. The quantitative estimate of drug-likeness (QED) is 0.774. The maximum absolute atomic E-state index is 4.40. The first-order chi connectivity index (χ1) is 8.22. The molecule has 0 aliphatic rings. The number of unbranched alkanes of at least 4 members (excludes halogenated alkanes) is 1. The Balaban J connectivity index is 2.77. The third kappa shape index (κ3) is 4.12. The molecule has 0 amide bonds. The van der Waals surface area contributed by atoms with Crippen molar-refractivity contribution in [2.45, 2.75) is 52.5 Å². The summed E-state index contributed by atoms with van der Waals surface area (Å²) < 4.78 is 0. The number of hydrogen-bond donors (Lipinski definition) is 1. The average Bonchev–Trinajstić information content (AvgIpc) is 2.36. The summed E-state index contributed by atoms with van der Waals surface area (Å²) in [5.41, 5.74) is 2.41. The molecule has 17 heavy (non-hydrogen) atoms. The molecule has 0 fully saturated rings. The molecule has 0 spiro atoms. The highest BCUT2D eigenvalue weighted by molar-refractivity contribution is 5.18. The highest BCUT2D eigenvalue weighted by atomic mass is 14.9. The van der Waals surface area contributed by atoms with Crippen molar-refractivity contribution in [1.29, 1.82) is 0 Å². The van der Waals surface area contributed by atoms with Gasteiger partial charge in [0.2, 0.25) is 0 Å². The summed E-state index contributed by atoms with van der Waals surface area (Å²) in [6, 6.07) is 4.75. The average molecular weight is 234 g/mol. The van der Waals surface area contributed by atoms with Gasteiger partial charge in [0.25, 0.3) is 0 Å². The lowest BCUT2D eigenvalue weighted by molar-refractivity contribution is 0.338. The van der Waals surface area contributed by atoms with Crippen molar-refractivity contribution < 1.29 is 0 Å². The van der Waals surface area contributed by atoms with Gasteiger partial charge in [0.15, 0.2) is 0 Å². The van der Waals surface area contributed by atoms with E-state index in [0.717, 1.165) is 5.69 Å². The van der Waals surface area contributed by atoms with Gasteiger partial charge in [0.1, 0.15) is 0 Å². The minimum atomic E-state index is 0.444. The van der Waals surface area contributed by atoms with Crippen LogP contribution in [-0.4, -0.2) is 12.0 Å². The Labute approximate surface area is 106 Å². The van der Waals surface area contributed by atoms with Gasteiger partial charge in [-0.3, -0.25) is 4.98 Å². The molecule has 2 atom stereocenters. The van der Waals surface area contributed by atoms with Crippen molar-refractivity contribution in [2.75, 3.05) is 7.05 Å². The van der Waals surface area contributed by atoms with Gasteiger partial charge in [-0.25, -0.2) is 0 Å². The predicted octanol–water partition coefficient (Wildman–Crippen LogP) is 3.87. The number of aryl methyl sites for hydroxylation is 1. The van der Waals surface area contributed by atoms with Crippen LogP contribution < -0.4 is 5.32 Å². The van der Waals surface area contributed by atoms with Gasteiger partial charge in [-0.1, -0.05) is 39.2 Å². The third-order valence-electron chi connectivity index (χ3n) is 3.53. The first-order valence-corrected chi connectivity index (χ1v) is 6.82. The molecule has 96 valence electrons. The van der Waals surface area contributed by atoms with Crippen LogP contribution in [0.2, 0.25) is 0 Å². The molecule has 2 nitrogen and oxygen atoms in total. The van der Waals surface area contributed by atoms with Crippen molar-refractivity contribution in [3.63, 3.8) is 0 Å². The van der Waals surface area contributed by atoms with Crippen LogP contribution >= 0.6 is 0 Å². The molecule has 1 aromatic heterocycles. The SMILES string of the molecule is CCCCC(CC)C(NC)c1ccc(C)nc1. The van der Waals surface area contributed by atoms with Crippen LogP contribution in [0.3, 0.4) is 0 Å². The van der Waals surface area contributed by atoms with Gasteiger partial charge in [-0.15, -0.1) is 0 Å². The molecule has 0 radical (unpaired) electrons. The minimum absolute atomic E-state index is 0.444. The van der Waals surface area contributed by atoms with Crippen LogP contribution in [0, 0.1) is 12.8 Å². The van der Waals surface area contributed by atoms with Crippen LogP contribution in [0.15, 0.2) is 18.3 Å². The molecule has 0 aromatic carbocycles. The molecule has 1 N–H and O–H groups in total. The molecule has 0 aliphatic carbocycles. The second-order valence-electron chi connectivity index (χ2n) is 4.81. The van der Waals surface area contributed by atoms with E-state index in [1.54, 1.807) is 0 Å². The number of rotatable bonds is 7. The van der Waals surface area contributed by atoms with Gasteiger partial charge in [0, 0.05) is 17.9 Å². The van der Waals surface area contributed by atoms with Crippen LogP contribution in [0.25, 0.3) is 0 Å². The Kier molecular flexibility index (Phi) is 6.20. The maximum Gasteiger partial charge on any atom is 0.0372 e. The summed E-state index contributed by atoms with van der Waals surface area (Å²) in [7, 11) is 2.05. The molecule has 1 heterocycles. The Morgan fingerprint density at radius 3 is 2.53 bits per heavy atom. The standard InChI is InChI=1S/C15H26N2/c1-5-7-8-13(6-2)15(16-4)14-10-9-12(3)17-11-14/h9-11,13,15-16H,5-8H2,1-4H3. The maximum atomic E-state index is 4.40. The fourth-order valence-electron chi connectivity index (χ4n) is 2.41. The van der Waals surface area contributed by atoms with E-state index >= 15 is 0 Å². The summed E-state index contributed by atoms with van der Waals surface area (Å²) in [5, 5.41) is 3.46. The Bertz CT molecular complexity index is 305. The van der Waals surface area contributed by atoms with Gasteiger partial charge >= 0.3 is 0 Å². The predicted molar refractivity (Wildman–Crippen MR) is 74.1 cm³/mol. The Morgan fingerprint density at radius 2 is 2.06 bits per heavy atom. The van der Waals surface area contributed by atoms with E-state index in [1.807, 2.05) is 13.1 Å². The highest BCUT2D eigenvalue weighted by Gasteiger charge is 2.19. The Morgan fingerprint density at radius 1 is 1.29 bits per heavy atom. The number of nitrogens with zero attached hydrogens (tertiary/aromatic N) is 1. The van der Waals surface area contributed by atoms with Crippen molar-refractivity contribution >= 4 is 0 Å². The number of nitrogens with one attached hydrogen (secondary N) is 1. The molecule has 2 unspecified atom stereocenters. The largest absolute Gasteiger partial charge is 0.313 e. The number of aromatic nitrogens is 1. The van der Waals surface area contributed by atoms with Gasteiger partial charge in [-0.2, -0.15) is 0 Å². The van der Waals surface area contributed by atoms with Crippen molar-refractivity contribution in [3.05, 3.63) is 29.6 Å². The van der Waals surface area contributed by atoms with Gasteiger partial charge in [-0.05, 0) is 37.9 Å². The number of pyridine rings is 1. The fourth-order valence-corrected chi connectivity index (χ4v) is 2.41. The summed E-state index contributed by atoms with van der Waals surface area (Å²) >= 11 is 0. The summed E-state index contributed by atoms with van der Waals surface area (Å²) in [4.78, 5) is 4.40. The lowest BCUT2D eigenvalue weighted by Crippen LogP contribution is -2.25. The molecule has 0 bridgehead atoms. The van der Waals surface area contributed by atoms with Crippen molar-refractivity contribution in [1.82, 2.24) is 10.3 Å². The van der Waals surface area contributed by atoms with E-state index in [2.05, 4.69) is 43.3 Å². The molecule has 0 saturated heterocycles.